The Bertz CT molecular complexity index is 297. The first-order valence-electron chi connectivity index (χ1n) is 6.21. The second kappa shape index (κ2) is 8.08. The topological polar surface area (TPSA) is 119 Å². The SMILES string of the molecule is CC(C)(C)NC(CCC(=O)NC(CO)CO)C(=O)O. The van der Waals surface area contributed by atoms with Gasteiger partial charge in [0.1, 0.15) is 6.04 Å². The van der Waals surface area contributed by atoms with Gasteiger partial charge in [0.15, 0.2) is 0 Å². The van der Waals surface area contributed by atoms with Gasteiger partial charge in [0.2, 0.25) is 5.91 Å². The van der Waals surface area contributed by atoms with Crippen LogP contribution in [0.25, 0.3) is 0 Å². The fourth-order valence-electron chi connectivity index (χ4n) is 1.50. The summed E-state index contributed by atoms with van der Waals surface area (Å²) in [6, 6.07) is -1.51. The lowest BCUT2D eigenvalue weighted by Crippen LogP contribution is -2.48. The van der Waals surface area contributed by atoms with Gasteiger partial charge in [-0.3, -0.25) is 14.9 Å². The Morgan fingerprint density at radius 3 is 2.05 bits per heavy atom. The molecule has 7 heteroatoms. The third-order valence-electron chi connectivity index (χ3n) is 2.37. The molecule has 1 amide bonds. The molecule has 0 bridgehead atoms. The number of rotatable bonds is 8. The predicted octanol–water partition coefficient (Wildman–Crippen LogP) is -0.923. The van der Waals surface area contributed by atoms with E-state index in [0.29, 0.717) is 0 Å². The molecule has 0 aliphatic carbocycles. The third kappa shape index (κ3) is 8.52. The van der Waals surface area contributed by atoms with Crippen molar-refractivity contribution < 1.29 is 24.9 Å². The maximum atomic E-state index is 11.5. The summed E-state index contributed by atoms with van der Waals surface area (Å²) in [4.78, 5) is 22.6. The van der Waals surface area contributed by atoms with E-state index >= 15 is 0 Å². The molecule has 0 rings (SSSR count). The number of hydrogen-bond donors (Lipinski definition) is 5. The van der Waals surface area contributed by atoms with Gasteiger partial charge in [-0.15, -0.1) is 0 Å². The quantitative estimate of drug-likeness (QED) is 0.391. The van der Waals surface area contributed by atoms with E-state index in [0.717, 1.165) is 0 Å². The number of carboxylic acids is 1. The number of amides is 1. The van der Waals surface area contributed by atoms with E-state index in [9.17, 15) is 9.59 Å². The van der Waals surface area contributed by atoms with Crippen LogP contribution in [0.15, 0.2) is 0 Å². The number of aliphatic hydroxyl groups is 2. The Labute approximate surface area is 113 Å². The number of carbonyl (C=O) groups excluding carboxylic acids is 1. The maximum Gasteiger partial charge on any atom is 0.320 e. The minimum absolute atomic E-state index is 0.0105. The van der Waals surface area contributed by atoms with Gasteiger partial charge in [0.05, 0.1) is 19.3 Å². The van der Waals surface area contributed by atoms with Crippen molar-refractivity contribution in [3.63, 3.8) is 0 Å². The summed E-state index contributed by atoms with van der Waals surface area (Å²) in [6.45, 7) is 4.82. The molecule has 0 aliphatic rings. The third-order valence-corrected chi connectivity index (χ3v) is 2.37. The molecule has 0 radical (unpaired) electrons. The highest BCUT2D eigenvalue weighted by Gasteiger charge is 2.24. The van der Waals surface area contributed by atoms with Crippen LogP contribution in [-0.2, 0) is 9.59 Å². The molecule has 5 N–H and O–H groups in total. The highest BCUT2D eigenvalue weighted by molar-refractivity contribution is 5.78. The number of carboxylic acid groups (broad SMARTS) is 1. The van der Waals surface area contributed by atoms with Crippen LogP contribution in [0.3, 0.4) is 0 Å². The molecule has 19 heavy (non-hydrogen) atoms. The molecule has 0 saturated heterocycles. The normalized spacial score (nSPS) is 13.4. The smallest absolute Gasteiger partial charge is 0.320 e. The number of aliphatic carboxylic acids is 1. The average molecular weight is 276 g/mol. The van der Waals surface area contributed by atoms with Crippen LogP contribution in [-0.4, -0.2) is 58.0 Å². The highest BCUT2D eigenvalue weighted by atomic mass is 16.4. The predicted molar refractivity (Wildman–Crippen MR) is 69.6 cm³/mol. The van der Waals surface area contributed by atoms with Gasteiger partial charge < -0.3 is 20.6 Å². The molecule has 0 aliphatic heterocycles. The Hall–Kier alpha value is -1.18. The zero-order chi connectivity index (χ0) is 15.1. The number of nitrogens with one attached hydrogen (secondary N) is 2. The van der Waals surface area contributed by atoms with Gasteiger partial charge in [0, 0.05) is 12.0 Å². The fraction of sp³-hybridized carbons (Fsp3) is 0.833. The molecule has 7 nitrogen and oxygen atoms in total. The first kappa shape index (κ1) is 17.8. The second-order valence-electron chi connectivity index (χ2n) is 5.45. The zero-order valence-electron chi connectivity index (χ0n) is 11.6. The van der Waals surface area contributed by atoms with E-state index in [4.69, 9.17) is 15.3 Å². The fourth-order valence-corrected chi connectivity index (χ4v) is 1.50. The Balaban J connectivity index is 4.25. The highest BCUT2D eigenvalue weighted by Crippen LogP contribution is 2.06. The molecule has 0 fully saturated rings. The van der Waals surface area contributed by atoms with Gasteiger partial charge in [-0.05, 0) is 27.2 Å². The number of aliphatic hydroxyl groups excluding tert-OH is 2. The molecule has 112 valence electrons. The largest absolute Gasteiger partial charge is 0.480 e. The molecule has 0 saturated carbocycles. The van der Waals surface area contributed by atoms with Crippen LogP contribution < -0.4 is 10.6 Å². The summed E-state index contributed by atoms with van der Waals surface area (Å²) >= 11 is 0. The molecule has 1 atom stereocenters. The summed E-state index contributed by atoms with van der Waals surface area (Å²) in [5, 5.41) is 32.0. The summed E-state index contributed by atoms with van der Waals surface area (Å²) < 4.78 is 0. The minimum Gasteiger partial charge on any atom is -0.480 e. The molecule has 0 aromatic carbocycles. The lowest BCUT2D eigenvalue weighted by molar-refractivity contribution is -0.140. The maximum absolute atomic E-state index is 11.5. The molecular weight excluding hydrogens is 252 g/mol. The van der Waals surface area contributed by atoms with Crippen molar-refractivity contribution >= 4 is 11.9 Å². The molecule has 0 spiro atoms. The number of hydrogen-bond acceptors (Lipinski definition) is 5. The first-order chi connectivity index (χ1) is 8.69. The van der Waals surface area contributed by atoms with Gasteiger partial charge >= 0.3 is 5.97 Å². The van der Waals surface area contributed by atoms with Crippen molar-refractivity contribution in [2.75, 3.05) is 13.2 Å². The second-order valence-corrected chi connectivity index (χ2v) is 5.45. The van der Waals surface area contributed by atoms with Gasteiger partial charge in [-0.25, -0.2) is 0 Å². The first-order valence-corrected chi connectivity index (χ1v) is 6.21. The van der Waals surface area contributed by atoms with Crippen molar-refractivity contribution in [3.05, 3.63) is 0 Å². The van der Waals surface area contributed by atoms with Crippen LogP contribution in [0.4, 0.5) is 0 Å². The standard InChI is InChI=1S/C12H24N2O5/c1-12(2,3)14-9(11(18)19)4-5-10(17)13-8(6-15)7-16/h8-9,14-16H,4-7H2,1-3H3,(H,13,17)(H,18,19). The molecular formula is C12H24N2O5. The van der Waals surface area contributed by atoms with E-state index in [1.807, 2.05) is 20.8 Å². The van der Waals surface area contributed by atoms with Gasteiger partial charge in [-0.2, -0.15) is 0 Å². The van der Waals surface area contributed by atoms with E-state index in [1.165, 1.54) is 0 Å². The van der Waals surface area contributed by atoms with Crippen molar-refractivity contribution in [3.8, 4) is 0 Å². The summed E-state index contributed by atoms with van der Waals surface area (Å²) in [7, 11) is 0. The molecule has 1 unspecified atom stereocenters. The van der Waals surface area contributed by atoms with Crippen molar-refractivity contribution in [1.82, 2.24) is 10.6 Å². The van der Waals surface area contributed by atoms with Crippen molar-refractivity contribution in [2.24, 2.45) is 0 Å². The van der Waals surface area contributed by atoms with Crippen molar-refractivity contribution in [1.29, 1.82) is 0 Å². The molecule has 0 heterocycles. The number of carbonyl (C=O) groups is 2. The van der Waals surface area contributed by atoms with Gasteiger partial charge in [-0.1, -0.05) is 0 Å². The van der Waals surface area contributed by atoms with Crippen molar-refractivity contribution in [2.45, 2.75) is 51.2 Å². The minimum atomic E-state index is -1.01. The summed E-state index contributed by atoms with van der Waals surface area (Å²) in [5.74, 6) is -1.40. The van der Waals surface area contributed by atoms with Crippen LogP contribution in [0.1, 0.15) is 33.6 Å². The Morgan fingerprint density at radius 2 is 1.68 bits per heavy atom. The van der Waals surface area contributed by atoms with E-state index < -0.39 is 24.0 Å². The Morgan fingerprint density at radius 1 is 1.16 bits per heavy atom. The van der Waals surface area contributed by atoms with E-state index in [-0.39, 0.29) is 31.6 Å². The van der Waals surface area contributed by atoms with Crippen LogP contribution in [0.5, 0.6) is 0 Å². The van der Waals surface area contributed by atoms with E-state index in [2.05, 4.69) is 10.6 Å². The van der Waals surface area contributed by atoms with Crippen LogP contribution in [0.2, 0.25) is 0 Å². The van der Waals surface area contributed by atoms with Gasteiger partial charge in [0.25, 0.3) is 0 Å². The average Bonchev–Trinajstić information content (AvgIpc) is 2.29. The molecule has 0 aromatic heterocycles. The Kier molecular flexibility index (Phi) is 7.58. The summed E-state index contributed by atoms with van der Waals surface area (Å²) in [6.07, 6.45) is 0.151. The molecule has 0 aromatic rings. The summed E-state index contributed by atoms with van der Waals surface area (Å²) in [5.41, 5.74) is -0.363. The van der Waals surface area contributed by atoms with Crippen LogP contribution in [0, 0.1) is 0 Å². The van der Waals surface area contributed by atoms with Crippen LogP contribution >= 0.6 is 0 Å². The lowest BCUT2D eigenvalue weighted by atomic mass is 10.0. The lowest BCUT2D eigenvalue weighted by Gasteiger charge is -2.26. The van der Waals surface area contributed by atoms with E-state index in [1.54, 1.807) is 0 Å². The zero-order valence-corrected chi connectivity index (χ0v) is 11.6. The monoisotopic (exact) mass is 276 g/mol.